The number of benzene rings is 2. The lowest BCUT2D eigenvalue weighted by Gasteiger charge is -2.30. The minimum absolute atomic E-state index is 0.550. The second kappa shape index (κ2) is 8.98. The highest BCUT2D eigenvalue weighted by Crippen LogP contribution is 2.27. The van der Waals surface area contributed by atoms with E-state index >= 15 is 0 Å². The van der Waals surface area contributed by atoms with Gasteiger partial charge in [-0.15, -0.1) is 11.8 Å². The summed E-state index contributed by atoms with van der Waals surface area (Å²) in [6.45, 7) is 8.74. The van der Waals surface area contributed by atoms with E-state index in [-0.39, 0.29) is 0 Å². The molecule has 0 unspecified atom stereocenters. The highest BCUT2D eigenvalue weighted by Gasteiger charge is 2.33. The number of thioether (sulfide) groups is 1. The highest BCUT2D eigenvalue weighted by molar-refractivity contribution is 7.99. The fourth-order valence-electron chi connectivity index (χ4n) is 3.47. The summed E-state index contributed by atoms with van der Waals surface area (Å²) in [7, 11) is -0.749. The standard InChI is InChI=1S/C22H29BN2OS/c1-5-7-17-9-14-20-21(15-17)23(26)25(24-22(20)8-6-2)18-10-12-19(13-11-18)27-16(3)4/h9-16,26H,5-8H2,1-4H3. The first-order chi connectivity index (χ1) is 13.0. The Morgan fingerprint density at radius 2 is 1.74 bits per heavy atom. The van der Waals surface area contributed by atoms with Crippen LogP contribution in [0.15, 0.2) is 52.5 Å². The number of rotatable bonds is 7. The molecule has 0 atom stereocenters. The highest BCUT2D eigenvalue weighted by atomic mass is 32.2. The summed E-state index contributed by atoms with van der Waals surface area (Å²) in [4.78, 5) is 3.01. The van der Waals surface area contributed by atoms with Crippen molar-refractivity contribution in [2.24, 2.45) is 5.10 Å². The monoisotopic (exact) mass is 380 g/mol. The van der Waals surface area contributed by atoms with Crippen molar-refractivity contribution >= 4 is 35.7 Å². The second-order valence-corrected chi connectivity index (χ2v) is 9.00. The number of fused-ring (bicyclic) bond motifs is 1. The zero-order valence-electron chi connectivity index (χ0n) is 16.8. The van der Waals surface area contributed by atoms with Crippen molar-refractivity contribution in [1.29, 1.82) is 0 Å². The van der Waals surface area contributed by atoms with Gasteiger partial charge in [0.2, 0.25) is 0 Å². The SMILES string of the molecule is CCCC1=NN(c2ccc(SC(C)C)cc2)B(O)c2cc(CCC)ccc21. The molecule has 0 fully saturated rings. The van der Waals surface area contributed by atoms with E-state index in [9.17, 15) is 5.02 Å². The number of hydrogen-bond acceptors (Lipinski definition) is 4. The van der Waals surface area contributed by atoms with Crippen molar-refractivity contribution in [1.82, 2.24) is 0 Å². The van der Waals surface area contributed by atoms with Gasteiger partial charge in [-0.05, 0) is 53.7 Å². The quantitative estimate of drug-likeness (QED) is 0.551. The lowest BCUT2D eigenvalue weighted by atomic mass is 9.67. The van der Waals surface area contributed by atoms with Gasteiger partial charge in [-0.1, -0.05) is 58.7 Å². The molecule has 0 amide bonds. The van der Waals surface area contributed by atoms with Crippen molar-refractivity contribution in [2.75, 3.05) is 4.92 Å². The van der Waals surface area contributed by atoms with Crippen LogP contribution in [0.4, 0.5) is 5.69 Å². The Balaban J connectivity index is 1.96. The predicted octanol–water partition coefficient (Wildman–Crippen LogP) is 4.85. The van der Waals surface area contributed by atoms with Gasteiger partial charge in [0.25, 0.3) is 0 Å². The van der Waals surface area contributed by atoms with E-state index in [2.05, 4.69) is 70.2 Å². The van der Waals surface area contributed by atoms with Gasteiger partial charge in [0, 0.05) is 15.8 Å². The second-order valence-electron chi connectivity index (χ2n) is 7.35. The fraction of sp³-hybridized carbons (Fsp3) is 0.409. The van der Waals surface area contributed by atoms with Crippen LogP contribution in [0.2, 0.25) is 0 Å². The summed E-state index contributed by atoms with van der Waals surface area (Å²) < 4.78 is 0. The third kappa shape index (κ3) is 4.59. The molecule has 3 rings (SSSR count). The lowest BCUT2D eigenvalue weighted by molar-refractivity contribution is 0.577. The van der Waals surface area contributed by atoms with Crippen molar-refractivity contribution in [3.63, 3.8) is 0 Å². The Labute approximate surface area is 168 Å². The van der Waals surface area contributed by atoms with Crippen LogP contribution >= 0.6 is 11.8 Å². The van der Waals surface area contributed by atoms with Crippen LogP contribution in [0, 0.1) is 0 Å². The first-order valence-electron chi connectivity index (χ1n) is 9.98. The Morgan fingerprint density at radius 1 is 1.04 bits per heavy atom. The lowest BCUT2D eigenvalue weighted by Crippen LogP contribution is -2.52. The van der Waals surface area contributed by atoms with E-state index in [0.29, 0.717) is 5.25 Å². The van der Waals surface area contributed by atoms with E-state index in [1.807, 2.05) is 11.8 Å². The third-order valence-electron chi connectivity index (χ3n) is 4.66. The van der Waals surface area contributed by atoms with Crippen LogP contribution in [0.1, 0.15) is 58.1 Å². The fourth-order valence-corrected chi connectivity index (χ4v) is 4.31. The van der Waals surface area contributed by atoms with Crippen LogP contribution in [-0.2, 0) is 6.42 Å². The minimum atomic E-state index is -0.749. The Morgan fingerprint density at radius 3 is 2.37 bits per heavy atom. The number of anilines is 1. The summed E-state index contributed by atoms with van der Waals surface area (Å²) in [6, 6.07) is 14.8. The molecule has 142 valence electrons. The smallest absolute Gasteiger partial charge is 0.427 e. The number of nitrogens with zero attached hydrogens (tertiary/aromatic N) is 2. The number of aryl methyl sites for hydroxylation is 1. The molecule has 1 aliphatic rings. The molecule has 0 spiro atoms. The number of hydrogen-bond donors (Lipinski definition) is 1. The normalized spacial score (nSPS) is 13.8. The average molecular weight is 380 g/mol. The van der Waals surface area contributed by atoms with Crippen LogP contribution in [-0.4, -0.2) is 23.0 Å². The van der Waals surface area contributed by atoms with Crippen LogP contribution in [0.3, 0.4) is 0 Å². The van der Waals surface area contributed by atoms with E-state index in [1.54, 1.807) is 4.92 Å². The van der Waals surface area contributed by atoms with Crippen molar-refractivity contribution in [3.05, 3.63) is 53.6 Å². The van der Waals surface area contributed by atoms with Gasteiger partial charge in [0.05, 0.1) is 5.71 Å². The molecule has 5 heteroatoms. The zero-order chi connectivity index (χ0) is 19.4. The summed E-state index contributed by atoms with van der Waals surface area (Å²) in [6.07, 6.45) is 4.07. The molecular formula is C22H29BN2OS. The van der Waals surface area contributed by atoms with Gasteiger partial charge in [-0.3, -0.25) is 4.92 Å². The van der Waals surface area contributed by atoms with Crippen molar-refractivity contribution in [3.8, 4) is 0 Å². The van der Waals surface area contributed by atoms with Gasteiger partial charge >= 0.3 is 7.05 Å². The maximum atomic E-state index is 11.1. The molecule has 1 heterocycles. The van der Waals surface area contributed by atoms with Gasteiger partial charge in [-0.25, -0.2) is 0 Å². The molecule has 27 heavy (non-hydrogen) atoms. The van der Waals surface area contributed by atoms with Crippen LogP contribution < -0.4 is 10.4 Å². The molecule has 3 nitrogen and oxygen atoms in total. The summed E-state index contributed by atoms with van der Waals surface area (Å²) in [5, 5.41) is 16.5. The van der Waals surface area contributed by atoms with Crippen molar-refractivity contribution in [2.45, 2.75) is 63.5 Å². The molecule has 1 aliphatic heterocycles. The van der Waals surface area contributed by atoms with Crippen molar-refractivity contribution < 1.29 is 5.02 Å². The zero-order valence-corrected chi connectivity index (χ0v) is 17.6. The minimum Gasteiger partial charge on any atom is -0.427 e. The van der Waals surface area contributed by atoms with E-state index in [1.165, 1.54) is 10.5 Å². The molecule has 2 aromatic carbocycles. The van der Waals surface area contributed by atoms with E-state index in [4.69, 9.17) is 5.10 Å². The molecular weight excluding hydrogens is 351 g/mol. The van der Waals surface area contributed by atoms with E-state index in [0.717, 1.165) is 48.1 Å². The Kier molecular flexibility index (Phi) is 6.66. The molecule has 0 aromatic heterocycles. The van der Waals surface area contributed by atoms with Gasteiger partial charge in [0.1, 0.15) is 0 Å². The Bertz CT molecular complexity index is 804. The molecule has 0 aliphatic carbocycles. The predicted molar refractivity (Wildman–Crippen MR) is 119 cm³/mol. The van der Waals surface area contributed by atoms with Crippen LogP contribution in [0.5, 0.6) is 0 Å². The molecule has 0 bridgehead atoms. The molecule has 0 radical (unpaired) electrons. The average Bonchev–Trinajstić information content (AvgIpc) is 2.65. The van der Waals surface area contributed by atoms with Gasteiger partial charge in [0.15, 0.2) is 0 Å². The summed E-state index contributed by atoms with van der Waals surface area (Å²) >= 11 is 1.84. The summed E-state index contributed by atoms with van der Waals surface area (Å²) in [5.41, 5.74) is 5.32. The summed E-state index contributed by atoms with van der Waals surface area (Å²) in [5.74, 6) is 0. The first kappa shape index (κ1) is 20.0. The molecule has 2 aromatic rings. The van der Waals surface area contributed by atoms with E-state index < -0.39 is 7.05 Å². The number of hydrazone groups is 1. The molecule has 1 N–H and O–H groups in total. The van der Waals surface area contributed by atoms with Crippen LogP contribution in [0.25, 0.3) is 0 Å². The van der Waals surface area contributed by atoms with Gasteiger partial charge < -0.3 is 5.02 Å². The maximum absolute atomic E-state index is 11.1. The molecule has 0 saturated heterocycles. The maximum Gasteiger partial charge on any atom is 0.471 e. The largest absolute Gasteiger partial charge is 0.471 e. The first-order valence-corrected chi connectivity index (χ1v) is 10.9. The third-order valence-corrected chi connectivity index (χ3v) is 5.68. The molecule has 0 saturated carbocycles. The Hall–Kier alpha value is -1.72. The van der Waals surface area contributed by atoms with Gasteiger partial charge in [-0.2, -0.15) is 5.10 Å². The topological polar surface area (TPSA) is 35.8 Å².